The van der Waals surface area contributed by atoms with Crippen LogP contribution >= 0.6 is 0 Å². The molecule has 2 aliphatic rings. The normalized spacial score (nSPS) is 18.2. The van der Waals surface area contributed by atoms with Gasteiger partial charge >= 0.3 is 0 Å². The number of hydrogen-bond acceptors (Lipinski definition) is 6. The number of ether oxygens (including phenoxy) is 3. The molecule has 0 spiro atoms. The lowest BCUT2D eigenvalue weighted by Gasteiger charge is -2.28. The molecule has 6 heteroatoms. The van der Waals surface area contributed by atoms with Gasteiger partial charge in [-0.1, -0.05) is 30.3 Å². The van der Waals surface area contributed by atoms with Crippen molar-refractivity contribution < 1.29 is 19.3 Å². The van der Waals surface area contributed by atoms with E-state index in [4.69, 9.17) is 14.2 Å². The molecule has 1 unspecified atom stereocenters. The largest absolute Gasteiger partial charge is 0.493 e. The molecule has 0 aromatic heterocycles. The molecule has 0 bridgehead atoms. The van der Waals surface area contributed by atoms with Gasteiger partial charge in [0.05, 0.1) is 20.3 Å². The van der Waals surface area contributed by atoms with Crippen LogP contribution in [0, 0.1) is 0 Å². The van der Waals surface area contributed by atoms with E-state index in [0.717, 1.165) is 51.3 Å². The van der Waals surface area contributed by atoms with Gasteiger partial charge in [0.1, 0.15) is 12.7 Å². The zero-order chi connectivity index (χ0) is 20.8. The molecule has 1 fully saturated rings. The second-order valence-corrected chi connectivity index (χ2v) is 8.12. The van der Waals surface area contributed by atoms with Gasteiger partial charge in [0, 0.05) is 32.2 Å². The predicted octanol–water partition coefficient (Wildman–Crippen LogP) is 2.02. The highest BCUT2D eigenvalue weighted by Gasteiger charge is 2.20. The highest BCUT2D eigenvalue weighted by molar-refractivity contribution is 5.43. The number of fused-ring (bicyclic) bond motifs is 1. The molecule has 0 radical (unpaired) electrons. The molecule has 0 saturated carbocycles. The fraction of sp³-hybridized carbons (Fsp3) is 0.500. The van der Waals surface area contributed by atoms with Crippen molar-refractivity contribution in [1.82, 2.24) is 10.2 Å². The van der Waals surface area contributed by atoms with Crippen LogP contribution in [-0.2, 0) is 24.1 Å². The quantitative estimate of drug-likeness (QED) is 0.657. The van der Waals surface area contributed by atoms with Crippen LogP contribution in [0.2, 0.25) is 0 Å². The molecule has 30 heavy (non-hydrogen) atoms. The summed E-state index contributed by atoms with van der Waals surface area (Å²) in [5, 5.41) is 14.0. The second kappa shape index (κ2) is 10.3. The minimum atomic E-state index is -0.543. The maximum atomic E-state index is 10.3. The number of rotatable bonds is 9. The topological polar surface area (TPSA) is 63.2 Å². The maximum absolute atomic E-state index is 10.3. The van der Waals surface area contributed by atoms with Crippen molar-refractivity contribution in [3.8, 4) is 11.5 Å². The number of morpholine rings is 1. The summed E-state index contributed by atoms with van der Waals surface area (Å²) in [7, 11) is 1.65. The number of hydrogen-bond donors (Lipinski definition) is 2. The van der Waals surface area contributed by atoms with E-state index in [1.165, 1.54) is 11.1 Å². The van der Waals surface area contributed by atoms with E-state index in [1.807, 2.05) is 12.1 Å². The van der Waals surface area contributed by atoms with Crippen LogP contribution in [0.3, 0.4) is 0 Å². The van der Waals surface area contributed by atoms with Crippen LogP contribution in [-0.4, -0.2) is 68.7 Å². The Balaban J connectivity index is 1.26. The van der Waals surface area contributed by atoms with Crippen molar-refractivity contribution in [2.24, 2.45) is 0 Å². The number of nitrogens with zero attached hydrogens (tertiary/aromatic N) is 1. The summed E-state index contributed by atoms with van der Waals surface area (Å²) in [5.41, 5.74) is 4.06. The summed E-state index contributed by atoms with van der Waals surface area (Å²) in [6.07, 6.45) is 1.61. The van der Waals surface area contributed by atoms with Gasteiger partial charge in [-0.05, 0) is 41.7 Å². The summed E-state index contributed by atoms with van der Waals surface area (Å²) in [6.45, 7) is 4.79. The first-order valence-electron chi connectivity index (χ1n) is 10.8. The number of aliphatic hydroxyl groups excluding tert-OH is 1. The van der Waals surface area contributed by atoms with Gasteiger partial charge in [-0.3, -0.25) is 4.90 Å². The molecular weight excluding hydrogens is 380 g/mol. The van der Waals surface area contributed by atoms with E-state index in [2.05, 4.69) is 40.5 Å². The molecule has 2 aromatic carbocycles. The molecule has 1 aliphatic heterocycles. The monoisotopic (exact) mass is 412 g/mol. The fourth-order valence-corrected chi connectivity index (χ4v) is 4.23. The van der Waals surface area contributed by atoms with E-state index < -0.39 is 6.10 Å². The zero-order valence-electron chi connectivity index (χ0n) is 17.7. The Morgan fingerprint density at radius 3 is 2.53 bits per heavy atom. The minimum absolute atomic E-state index is 0.242. The Morgan fingerprint density at radius 1 is 1.10 bits per heavy atom. The molecule has 1 saturated heterocycles. The van der Waals surface area contributed by atoms with Gasteiger partial charge in [0.15, 0.2) is 11.5 Å². The van der Waals surface area contributed by atoms with E-state index in [1.54, 1.807) is 7.11 Å². The van der Waals surface area contributed by atoms with Crippen LogP contribution in [0.4, 0.5) is 0 Å². The number of methoxy groups -OCH3 is 1. The standard InChI is InChI=1S/C24H32N2O4/c1-28-24-12-18(15-25-21-13-19-4-2-3-5-20(19)14-21)6-7-23(24)30-17-22(27)16-26-8-10-29-11-9-26/h2-7,12,21-22,25,27H,8-11,13-17H2,1H3. The average molecular weight is 413 g/mol. The first-order chi connectivity index (χ1) is 14.7. The Hall–Kier alpha value is -2.12. The van der Waals surface area contributed by atoms with Gasteiger partial charge < -0.3 is 24.6 Å². The lowest BCUT2D eigenvalue weighted by molar-refractivity contribution is 0.00445. The third kappa shape index (κ3) is 5.52. The lowest BCUT2D eigenvalue weighted by Crippen LogP contribution is -2.42. The van der Waals surface area contributed by atoms with Crippen molar-refractivity contribution in [2.45, 2.75) is 31.5 Å². The molecule has 4 rings (SSSR count). The predicted molar refractivity (Wildman–Crippen MR) is 116 cm³/mol. The van der Waals surface area contributed by atoms with E-state index >= 15 is 0 Å². The van der Waals surface area contributed by atoms with Crippen LogP contribution < -0.4 is 14.8 Å². The van der Waals surface area contributed by atoms with Crippen molar-refractivity contribution in [2.75, 3.05) is 46.6 Å². The van der Waals surface area contributed by atoms with Gasteiger partial charge in [-0.15, -0.1) is 0 Å². The van der Waals surface area contributed by atoms with Crippen LogP contribution in [0.25, 0.3) is 0 Å². The van der Waals surface area contributed by atoms with Crippen molar-refractivity contribution >= 4 is 0 Å². The highest BCUT2D eigenvalue weighted by atomic mass is 16.5. The SMILES string of the molecule is COc1cc(CNC2Cc3ccccc3C2)ccc1OCC(O)CN1CCOCC1. The van der Waals surface area contributed by atoms with E-state index in [-0.39, 0.29) is 6.61 Å². The van der Waals surface area contributed by atoms with Crippen LogP contribution in [0.15, 0.2) is 42.5 Å². The second-order valence-electron chi connectivity index (χ2n) is 8.12. The molecule has 2 aromatic rings. The number of nitrogens with one attached hydrogen (secondary N) is 1. The van der Waals surface area contributed by atoms with E-state index in [9.17, 15) is 5.11 Å². The summed E-state index contributed by atoms with van der Waals surface area (Å²) >= 11 is 0. The first-order valence-corrected chi connectivity index (χ1v) is 10.8. The Labute approximate surface area is 178 Å². The molecule has 1 heterocycles. The molecule has 1 atom stereocenters. The summed E-state index contributed by atoms with van der Waals surface area (Å²) in [4.78, 5) is 2.20. The summed E-state index contributed by atoms with van der Waals surface area (Å²) in [5.74, 6) is 1.36. The van der Waals surface area contributed by atoms with Gasteiger partial charge in [0.25, 0.3) is 0 Å². The smallest absolute Gasteiger partial charge is 0.161 e. The van der Waals surface area contributed by atoms with Crippen LogP contribution in [0.5, 0.6) is 11.5 Å². The third-order valence-corrected chi connectivity index (χ3v) is 5.88. The van der Waals surface area contributed by atoms with Crippen molar-refractivity contribution in [3.63, 3.8) is 0 Å². The fourth-order valence-electron chi connectivity index (χ4n) is 4.23. The van der Waals surface area contributed by atoms with Gasteiger partial charge in [-0.2, -0.15) is 0 Å². The molecule has 6 nitrogen and oxygen atoms in total. The van der Waals surface area contributed by atoms with Crippen molar-refractivity contribution in [3.05, 3.63) is 59.2 Å². The lowest BCUT2D eigenvalue weighted by atomic mass is 10.1. The van der Waals surface area contributed by atoms with E-state index in [0.29, 0.717) is 24.1 Å². The average Bonchev–Trinajstić information content (AvgIpc) is 3.20. The Morgan fingerprint density at radius 2 is 1.83 bits per heavy atom. The number of benzene rings is 2. The Kier molecular flexibility index (Phi) is 7.23. The Bertz CT molecular complexity index is 798. The highest BCUT2D eigenvalue weighted by Crippen LogP contribution is 2.29. The minimum Gasteiger partial charge on any atom is -0.493 e. The molecule has 162 valence electrons. The van der Waals surface area contributed by atoms with Gasteiger partial charge in [-0.25, -0.2) is 0 Å². The molecule has 1 aliphatic carbocycles. The third-order valence-electron chi connectivity index (χ3n) is 5.88. The molecule has 2 N–H and O–H groups in total. The molecule has 0 amide bonds. The summed E-state index contributed by atoms with van der Waals surface area (Å²) in [6, 6.07) is 15.1. The zero-order valence-corrected chi connectivity index (χ0v) is 17.7. The van der Waals surface area contributed by atoms with Gasteiger partial charge in [0.2, 0.25) is 0 Å². The molecular formula is C24H32N2O4. The number of β-amino-alcohol motifs (C(OH)–C–C–N with tert-alkyl or cyclic N) is 1. The maximum Gasteiger partial charge on any atom is 0.161 e. The summed E-state index contributed by atoms with van der Waals surface area (Å²) < 4.78 is 16.7. The first kappa shape index (κ1) is 21.1. The number of aliphatic hydroxyl groups is 1. The van der Waals surface area contributed by atoms with Crippen LogP contribution in [0.1, 0.15) is 16.7 Å². The van der Waals surface area contributed by atoms with Crippen molar-refractivity contribution in [1.29, 1.82) is 0 Å².